The highest BCUT2D eigenvalue weighted by Gasteiger charge is 2.12. The zero-order valence-electron chi connectivity index (χ0n) is 12.5. The molecule has 23 heavy (non-hydrogen) atoms. The van der Waals surface area contributed by atoms with E-state index < -0.39 is 0 Å². The van der Waals surface area contributed by atoms with Crippen LogP contribution in [0.2, 0.25) is 0 Å². The van der Waals surface area contributed by atoms with Gasteiger partial charge >= 0.3 is 0 Å². The van der Waals surface area contributed by atoms with Crippen molar-refractivity contribution in [1.82, 2.24) is 9.97 Å². The molecule has 0 aliphatic carbocycles. The molecule has 3 rings (SSSR count). The first-order valence-corrected chi connectivity index (χ1v) is 8.67. The number of fused-ring (bicyclic) bond motifs is 1. The molecule has 0 aliphatic rings. The molecule has 0 spiro atoms. The lowest BCUT2D eigenvalue weighted by atomic mass is 10.1. The van der Waals surface area contributed by atoms with Gasteiger partial charge in [-0.3, -0.25) is 9.59 Å². The first-order chi connectivity index (χ1) is 10.9. The molecular formula is C16H13FN2O2S2. The van der Waals surface area contributed by atoms with Crippen molar-refractivity contribution in [2.45, 2.75) is 19.0 Å². The van der Waals surface area contributed by atoms with Crippen LogP contribution in [-0.2, 0) is 0 Å². The lowest BCUT2D eigenvalue weighted by Gasteiger charge is -2.03. The quantitative estimate of drug-likeness (QED) is 0.443. The summed E-state index contributed by atoms with van der Waals surface area (Å²) in [7, 11) is 0. The smallest absolute Gasteiger partial charge is 0.260 e. The maximum atomic E-state index is 13.2. The first kappa shape index (κ1) is 15.9. The van der Waals surface area contributed by atoms with Crippen LogP contribution in [0.3, 0.4) is 0 Å². The number of rotatable bonds is 4. The molecule has 0 saturated carbocycles. The summed E-state index contributed by atoms with van der Waals surface area (Å²) in [6, 6.07) is 6.08. The Bertz CT molecular complexity index is 962. The highest BCUT2D eigenvalue weighted by molar-refractivity contribution is 7.99. The minimum Gasteiger partial charge on any atom is -0.301 e. The van der Waals surface area contributed by atoms with E-state index in [-0.39, 0.29) is 22.9 Å². The Kier molecular flexibility index (Phi) is 4.32. The number of aryl methyl sites for hydroxylation is 2. The fourth-order valence-electron chi connectivity index (χ4n) is 2.14. The van der Waals surface area contributed by atoms with Crippen LogP contribution in [0.25, 0.3) is 10.2 Å². The minimum atomic E-state index is -0.335. The Morgan fingerprint density at radius 2 is 2.13 bits per heavy atom. The van der Waals surface area contributed by atoms with Crippen molar-refractivity contribution in [3.05, 3.63) is 56.4 Å². The van der Waals surface area contributed by atoms with Gasteiger partial charge in [0, 0.05) is 10.4 Å². The molecule has 2 aromatic heterocycles. The molecule has 118 valence electrons. The maximum absolute atomic E-state index is 13.2. The van der Waals surface area contributed by atoms with Crippen LogP contribution in [0.5, 0.6) is 0 Å². The fourth-order valence-corrected chi connectivity index (χ4v) is 3.83. The molecule has 1 N–H and O–H groups in total. The Balaban J connectivity index is 1.78. The Morgan fingerprint density at radius 1 is 1.35 bits per heavy atom. The minimum absolute atomic E-state index is 0.129. The number of aromatic amines is 1. The molecule has 7 heteroatoms. The number of hydrogen-bond acceptors (Lipinski definition) is 5. The monoisotopic (exact) mass is 348 g/mol. The number of hydrogen-bond donors (Lipinski definition) is 1. The molecule has 3 aromatic rings. The number of nitrogens with one attached hydrogen (secondary N) is 1. The van der Waals surface area contributed by atoms with E-state index in [1.165, 1.54) is 41.3 Å². The molecule has 0 aliphatic heterocycles. The van der Waals surface area contributed by atoms with Crippen molar-refractivity contribution in [3.8, 4) is 0 Å². The summed E-state index contributed by atoms with van der Waals surface area (Å²) in [5, 5.41) is 0.980. The van der Waals surface area contributed by atoms with Gasteiger partial charge in [-0.2, -0.15) is 0 Å². The number of aromatic nitrogens is 2. The second-order valence-corrected chi connectivity index (χ2v) is 7.32. The summed E-state index contributed by atoms with van der Waals surface area (Å²) in [5.41, 5.74) is 0.682. The number of ketones is 1. The van der Waals surface area contributed by atoms with Gasteiger partial charge in [0.15, 0.2) is 10.9 Å². The summed E-state index contributed by atoms with van der Waals surface area (Å²) in [6.07, 6.45) is 0. The Morgan fingerprint density at radius 3 is 2.87 bits per heavy atom. The molecule has 0 atom stereocenters. The predicted molar refractivity (Wildman–Crippen MR) is 91.2 cm³/mol. The summed E-state index contributed by atoms with van der Waals surface area (Å²) in [5.74, 6) is -0.342. The third-order valence-electron chi connectivity index (χ3n) is 3.32. The standard InChI is InChI=1S/C16H13FN2O2S2/c1-8-5-10(3-4-12(8)17)13(20)7-22-16-18-14(21)11-6-9(2)23-15(11)19-16/h3-6H,7H2,1-2H3,(H,18,19,21). The van der Waals surface area contributed by atoms with Gasteiger partial charge in [0.2, 0.25) is 0 Å². The Labute approximate surface area is 139 Å². The van der Waals surface area contributed by atoms with E-state index in [0.29, 0.717) is 26.5 Å². The zero-order valence-corrected chi connectivity index (χ0v) is 14.1. The second-order valence-electron chi connectivity index (χ2n) is 5.12. The van der Waals surface area contributed by atoms with Crippen LogP contribution in [0.1, 0.15) is 20.8 Å². The number of halogens is 1. The third-order valence-corrected chi connectivity index (χ3v) is 5.14. The van der Waals surface area contributed by atoms with Crippen molar-refractivity contribution in [2.24, 2.45) is 0 Å². The number of carbonyl (C=O) groups excluding carboxylic acids is 1. The summed E-state index contributed by atoms with van der Waals surface area (Å²) < 4.78 is 13.2. The molecule has 0 fully saturated rings. The number of thiophene rings is 1. The van der Waals surface area contributed by atoms with Crippen LogP contribution >= 0.6 is 23.1 Å². The molecular weight excluding hydrogens is 335 g/mol. The summed E-state index contributed by atoms with van der Waals surface area (Å²) >= 11 is 2.61. The second kappa shape index (κ2) is 6.25. The van der Waals surface area contributed by atoms with Crippen molar-refractivity contribution in [2.75, 3.05) is 5.75 Å². The highest BCUT2D eigenvalue weighted by atomic mass is 32.2. The van der Waals surface area contributed by atoms with Crippen LogP contribution < -0.4 is 5.56 Å². The first-order valence-electron chi connectivity index (χ1n) is 6.86. The van der Waals surface area contributed by atoms with Gasteiger partial charge in [0.05, 0.1) is 11.1 Å². The van der Waals surface area contributed by atoms with Crippen LogP contribution in [0.4, 0.5) is 4.39 Å². The predicted octanol–water partition coefficient (Wildman–Crippen LogP) is 3.72. The largest absolute Gasteiger partial charge is 0.301 e. The molecule has 0 unspecified atom stereocenters. The van der Waals surface area contributed by atoms with Crippen LogP contribution in [0.15, 0.2) is 34.2 Å². The van der Waals surface area contributed by atoms with Gasteiger partial charge in [-0.15, -0.1) is 11.3 Å². The van der Waals surface area contributed by atoms with Crippen molar-refractivity contribution >= 4 is 39.1 Å². The van der Waals surface area contributed by atoms with E-state index in [1.54, 1.807) is 13.0 Å². The summed E-state index contributed by atoms with van der Waals surface area (Å²) in [4.78, 5) is 32.9. The van der Waals surface area contributed by atoms with Crippen LogP contribution in [0, 0.1) is 19.7 Å². The van der Waals surface area contributed by atoms with E-state index in [9.17, 15) is 14.0 Å². The van der Waals surface area contributed by atoms with Gasteiger partial charge in [0.1, 0.15) is 10.6 Å². The van der Waals surface area contributed by atoms with Crippen molar-refractivity contribution in [1.29, 1.82) is 0 Å². The lowest BCUT2D eigenvalue weighted by Crippen LogP contribution is -2.09. The number of Topliss-reactive ketones (excluding diaryl/α,β-unsaturated/α-hetero) is 1. The molecule has 0 bridgehead atoms. The number of H-pyrrole nitrogens is 1. The number of benzene rings is 1. The average Bonchev–Trinajstić information content (AvgIpc) is 2.88. The van der Waals surface area contributed by atoms with Crippen molar-refractivity contribution < 1.29 is 9.18 Å². The van der Waals surface area contributed by atoms with Gasteiger partial charge < -0.3 is 4.98 Å². The third kappa shape index (κ3) is 3.35. The molecule has 1 aromatic carbocycles. The molecule has 2 heterocycles. The topological polar surface area (TPSA) is 62.8 Å². The normalized spacial score (nSPS) is 11.1. The van der Waals surface area contributed by atoms with E-state index in [1.807, 2.05) is 6.92 Å². The lowest BCUT2D eigenvalue weighted by molar-refractivity contribution is 0.102. The number of thioether (sulfide) groups is 1. The molecule has 0 radical (unpaired) electrons. The number of carbonyl (C=O) groups is 1. The molecule has 4 nitrogen and oxygen atoms in total. The molecule has 0 saturated heterocycles. The maximum Gasteiger partial charge on any atom is 0.260 e. The van der Waals surface area contributed by atoms with E-state index in [0.717, 1.165) is 4.88 Å². The Hall–Kier alpha value is -1.99. The SMILES string of the molecule is Cc1cc2c(=O)[nH]c(SCC(=O)c3ccc(F)c(C)c3)nc2s1. The van der Waals surface area contributed by atoms with Gasteiger partial charge in [0.25, 0.3) is 5.56 Å². The van der Waals surface area contributed by atoms with Crippen LogP contribution in [-0.4, -0.2) is 21.5 Å². The summed E-state index contributed by atoms with van der Waals surface area (Å²) in [6.45, 7) is 3.53. The molecule has 0 amide bonds. The van der Waals surface area contributed by atoms with Gasteiger partial charge in [-0.25, -0.2) is 9.37 Å². The van der Waals surface area contributed by atoms with E-state index >= 15 is 0 Å². The highest BCUT2D eigenvalue weighted by Crippen LogP contribution is 2.23. The fraction of sp³-hybridized carbons (Fsp3) is 0.188. The number of nitrogens with zero attached hydrogens (tertiary/aromatic N) is 1. The van der Waals surface area contributed by atoms with Gasteiger partial charge in [-0.1, -0.05) is 11.8 Å². The zero-order chi connectivity index (χ0) is 16.6. The average molecular weight is 348 g/mol. The van der Waals surface area contributed by atoms with E-state index in [4.69, 9.17) is 0 Å². The van der Waals surface area contributed by atoms with E-state index in [2.05, 4.69) is 9.97 Å². The van der Waals surface area contributed by atoms with Gasteiger partial charge in [-0.05, 0) is 43.7 Å². The van der Waals surface area contributed by atoms with Crippen molar-refractivity contribution in [3.63, 3.8) is 0 Å².